The Morgan fingerprint density at radius 2 is 2.00 bits per heavy atom. The Bertz CT molecular complexity index is 191. The van der Waals surface area contributed by atoms with Crippen molar-refractivity contribution in [1.29, 1.82) is 0 Å². The largest absolute Gasteiger partial charge is 0.444 e. The minimum Gasteiger partial charge on any atom is -0.444 e. The average Bonchev–Trinajstić information content (AvgIpc) is 1.97. The van der Waals surface area contributed by atoms with Gasteiger partial charge in [-0.05, 0) is 41.2 Å². The highest BCUT2D eigenvalue weighted by atomic mass is 16.6. The van der Waals surface area contributed by atoms with Gasteiger partial charge in [-0.3, -0.25) is 0 Å². The normalized spacial score (nSPS) is 12.2. The van der Waals surface area contributed by atoms with Crippen LogP contribution < -0.4 is 5.73 Å². The van der Waals surface area contributed by atoms with E-state index >= 15 is 0 Å². The van der Waals surface area contributed by atoms with E-state index < -0.39 is 11.7 Å². The number of nitrogens with two attached hydrogens (primary N) is 1. The molecule has 84 valence electrons. The maximum atomic E-state index is 10.6. The second-order valence-electron chi connectivity index (χ2n) is 4.51. The molecule has 4 heteroatoms. The van der Waals surface area contributed by atoms with E-state index in [9.17, 15) is 4.79 Å². The standard InChI is InChI=1S/C10H22N2O2/c1-8(2)12(5)7-6-10(3,4)14-9(11)13/h8H,6-7H2,1-5H3,(H2,11,13). The Kier molecular flexibility index (Phi) is 4.91. The summed E-state index contributed by atoms with van der Waals surface area (Å²) in [6.45, 7) is 8.87. The first kappa shape index (κ1) is 13.2. The number of nitrogens with zero attached hydrogens (tertiary/aromatic N) is 1. The summed E-state index contributed by atoms with van der Waals surface area (Å²) in [5.41, 5.74) is 4.49. The van der Waals surface area contributed by atoms with Crippen molar-refractivity contribution in [3.8, 4) is 0 Å². The Labute approximate surface area is 86.4 Å². The molecule has 0 saturated heterocycles. The Balaban J connectivity index is 3.92. The lowest BCUT2D eigenvalue weighted by Gasteiger charge is -2.28. The smallest absolute Gasteiger partial charge is 0.405 e. The number of primary amides is 1. The number of carbonyl (C=O) groups excluding carboxylic acids is 1. The van der Waals surface area contributed by atoms with Crippen LogP contribution in [0.3, 0.4) is 0 Å². The highest BCUT2D eigenvalue weighted by Gasteiger charge is 2.22. The number of ether oxygens (including phenoxy) is 1. The number of amides is 1. The lowest BCUT2D eigenvalue weighted by Crippen LogP contribution is -2.36. The van der Waals surface area contributed by atoms with E-state index in [0.29, 0.717) is 6.04 Å². The van der Waals surface area contributed by atoms with Crippen molar-refractivity contribution >= 4 is 6.09 Å². The second kappa shape index (κ2) is 5.20. The summed E-state index contributed by atoms with van der Waals surface area (Å²) < 4.78 is 4.98. The molecule has 0 bridgehead atoms. The van der Waals surface area contributed by atoms with Gasteiger partial charge < -0.3 is 15.4 Å². The molecule has 2 N–H and O–H groups in total. The van der Waals surface area contributed by atoms with Crippen molar-refractivity contribution in [3.05, 3.63) is 0 Å². The molecule has 0 aromatic rings. The fourth-order valence-corrected chi connectivity index (χ4v) is 1.03. The van der Waals surface area contributed by atoms with Crippen molar-refractivity contribution in [2.75, 3.05) is 13.6 Å². The molecule has 0 unspecified atom stereocenters. The summed E-state index contributed by atoms with van der Waals surface area (Å²) in [6, 6.07) is 0.499. The van der Waals surface area contributed by atoms with Crippen LogP contribution in [0.15, 0.2) is 0 Å². The van der Waals surface area contributed by atoms with Gasteiger partial charge in [0, 0.05) is 12.6 Å². The monoisotopic (exact) mass is 202 g/mol. The van der Waals surface area contributed by atoms with E-state index in [1.165, 1.54) is 0 Å². The van der Waals surface area contributed by atoms with Gasteiger partial charge in [-0.2, -0.15) is 0 Å². The third-order valence-electron chi connectivity index (χ3n) is 2.33. The fraction of sp³-hybridized carbons (Fsp3) is 0.900. The summed E-state index contributed by atoms with van der Waals surface area (Å²) in [4.78, 5) is 12.8. The van der Waals surface area contributed by atoms with E-state index in [1.807, 2.05) is 20.9 Å². The predicted octanol–water partition coefficient (Wildman–Crippen LogP) is 1.59. The summed E-state index contributed by atoms with van der Waals surface area (Å²) >= 11 is 0. The van der Waals surface area contributed by atoms with Crippen LogP contribution in [-0.2, 0) is 4.74 Å². The maximum absolute atomic E-state index is 10.6. The van der Waals surface area contributed by atoms with Gasteiger partial charge >= 0.3 is 6.09 Å². The van der Waals surface area contributed by atoms with Crippen LogP contribution in [0.5, 0.6) is 0 Å². The fourth-order valence-electron chi connectivity index (χ4n) is 1.03. The molecule has 1 amide bonds. The molecule has 14 heavy (non-hydrogen) atoms. The van der Waals surface area contributed by atoms with Crippen molar-refractivity contribution in [2.24, 2.45) is 5.73 Å². The van der Waals surface area contributed by atoms with Crippen LogP contribution in [0.1, 0.15) is 34.1 Å². The zero-order valence-corrected chi connectivity index (χ0v) is 9.83. The van der Waals surface area contributed by atoms with Gasteiger partial charge in [-0.1, -0.05) is 0 Å². The lowest BCUT2D eigenvalue weighted by atomic mass is 10.0. The molecular weight excluding hydrogens is 180 g/mol. The van der Waals surface area contributed by atoms with Gasteiger partial charge in [0.25, 0.3) is 0 Å². The molecule has 0 spiro atoms. The molecule has 0 heterocycles. The molecule has 0 atom stereocenters. The summed E-state index contributed by atoms with van der Waals surface area (Å²) in [7, 11) is 2.05. The van der Waals surface area contributed by atoms with E-state index in [1.54, 1.807) is 0 Å². The van der Waals surface area contributed by atoms with Gasteiger partial charge in [0.2, 0.25) is 0 Å². The van der Waals surface area contributed by atoms with Crippen molar-refractivity contribution in [1.82, 2.24) is 4.90 Å². The van der Waals surface area contributed by atoms with Gasteiger partial charge in [-0.15, -0.1) is 0 Å². The summed E-state index contributed by atoms with van der Waals surface area (Å²) in [6.07, 6.45) is 0.0761. The van der Waals surface area contributed by atoms with Gasteiger partial charge in [0.1, 0.15) is 5.60 Å². The molecule has 0 radical (unpaired) electrons. The molecule has 0 rings (SSSR count). The Morgan fingerprint density at radius 3 is 2.36 bits per heavy atom. The summed E-state index contributed by atoms with van der Waals surface area (Å²) in [5.74, 6) is 0. The van der Waals surface area contributed by atoms with Crippen LogP contribution in [0, 0.1) is 0 Å². The number of carbonyl (C=O) groups is 1. The van der Waals surface area contributed by atoms with Crippen LogP contribution in [-0.4, -0.2) is 36.2 Å². The molecule has 4 nitrogen and oxygen atoms in total. The first-order chi connectivity index (χ1) is 6.24. The van der Waals surface area contributed by atoms with Gasteiger partial charge in [0.15, 0.2) is 0 Å². The van der Waals surface area contributed by atoms with Gasteiger partial charge in [0.05, 0.1) is 0 Å². The minimum absolute atomic E-state index is 0.477. The minimum atomic E-state index is -0.706. The molecule has 0 saturated carbocycles. The van der Waals surface area contributed by atoms with E-state index in [2.05, 4.69) is 18.7 Å². The molecule has 0 aliphatic heterocycles. The van der Waals surface area contributed by atoms with E-state index in [0.717, 1.165) is 13.0 Å². The first-order valence-electron chi connectivity index (χ1n) is 4.93. The molecule has 0 fully saturated rings. The lowest BCUT2D eigenvalue weighted by molar-refractivity contribution is 0.0309. The van der Waals surface area contributed by atoms with Crippen molar-refractivity contribution in [3.63, 3.8) is 0 Å². The Morgan fingerprint density at radius 1 is 1.50 bits per heavy atom. The number of hydrogen-bond donors (Lipinski definition) is 1. The highest BCUT2D eigenvalue weighted by Crippen LogP contribution is 2.15. The van der Waals surface area contributed by atoms with Crippen LogP contribution in [0.2, 0.25) is 0 Å². The molecule has 0 aliphatic carbocycles. The van der Waals surface area contributed by atoms with Crippen molar-refractivity contribution < 1.29 is 9.53 Å². The average molecular weight is 202 g/mol. The quantitative estimate of drug-likeness (QED) is 0.736. The predicted molar refractivity (Wildman–Crippen MR) is 57.1 cm³/mol. The second-order valence-corrected chi connectivity index (χ2v) is 4.51. The maximum Gasteiger partial charge on any atom is 0.405 e. The molecule has 0 aliphatic rings. The Hall–Kier alpha value is -0.770. The molecule has 0 aromatic carbocycles. The first-order valence-corrected chi connectivity index (χ1v) is 4.93. The molecular formula is C10H22N2O2. The van der Waals surface area contributed by atoms with Crippen LogP contribution >= 0.6 is 0 Å². The zero-order valence-electron chi connectivity index (χ0n) is 9.83. The summed E-state index contributed by atoms with van der Waals surface area (Å²) in [5, 5.41) is 0. The highest BCUT2D eigenvalue weighted by molar-refractivity contribution is 5.65. The topological polar surface area (TPSA) is 55.6 Å². The third kappa shape index (κ3) is 5.80. The van der Waals surface area contributed by atoms with Crippen LogP contribution in [0.4, 0.5) is 4.79 Å². The molecule has 0 aromatic heterocycles. The van der Waals surface area contributed by atoms with Gasteiger partial charge in [-0.25, -0.2) is 4.79 Å². The van der Waals surface area contributed by atoms with E-state index in [4.69, 9.17) is 10.5 Å². The van der Waals surface area contributed by atoms with Crippen LogP contribution in [0.25, 0.3) is 0 Å². The number of hydrogen-bond acceptors (Lipinski definition) is 3. The SMILES string of the molecule is CC(C)N(C)CCC(C)(C)OC(N)=O. The third-order valence-corrected chi connectivity index (χ3v) is 2.33. The van der Waals surface area contributed by atoms with Crippen molar-refractivity contribution in [2.45, 2.75) is 45.8 Å². The zero-order chi connectivity index (χ0) is 11.4. The van der Waals surface area contributed by atoms with E-state index in [-0.39, 0.29) is 0 Å². The number of rotatable bonds is 5.